The van der Waals surface area contributed by atoms with E-state index in [9.17, 15) is 0 Å². The van der Waals surface area contributed by atoms with Gasteiger partial charge in [0.25, 0.3) is 0 Å². The van der Waals surface area contributed by atoms with Gasteiger partial charge in [-0.3, -0.25) is 0 Å². The van der Waals surface area contributed by atoms with Crippen molar-refractivity contribution in [3.63, 3.8) is 0 Å². The van der Waals surface area contributed by atoms with Crippen LogP contribution in [0, 0.1) is 0 Å². The molecule has 0 radical (unpaired) electrons. The van der Waals surface area contributed by atoms with Crippen LogP contribution < -0.4 is 4.90 Å². The summed E-state index contributed by atoms with van der Waals surface area (Å²) in [6.07, 6.45) is 0. The predicted octanol–water partition coefficient (Wildman–Crippen LogP) is 15.5. The van der Waals surface area contributed by atoms with Gasteiger partial charge in [-0.05, 0) is 115 Å². The highest BCUT2D eigenvalue weighted by Crippen LogP contribution is 2.45. The Kier molecular flexibility index (Phi) is 7.53. The minimum atomic E-state index is 0.913. The van der Waals surface area contributed by atoms with Gasteiger partial charge in [0.2, 0.25) is 0 Å². The van der Waals surface area contributed by atoms with Gasteiger partial charge in [-0.2, -0.15) is 0 Å². The van der Waals surface area contributed by atoms with Gasteiger partial charge >= 0.3 is 0 Å². The van der Waals surface area contributed by atoms with Crippen molar-refractivity contribution in [3.8, 4) is 33.4 Å². The molecule has 0 unspecified atom stereocenters. The second-order valence-corrected chi connectivity index (χ2v) is 14.5. The summed E-state index contributed by atoms with van der Waals surface area (Å²) in [4.78, 5) is 2.40. The van der Waals surface area contributed by atoms with Crippen LogP contribution >= 0.6 is 0 Å². The average molecular weight is 714 g/mol. The summed E-state index contributed by atoms with van der Waals surface area (Å²) in [5, 5.41) is 9.53. The van der Waals surface area contributed by atoms with Gasteiger partial charge in [-0.1, -0.05) is 158 Å². The number of hydrogen-bond donors (Lipinski definition) is 0. The lowest BCUT2D eigenvalue weighted by Gasteiger charge is -2.28. The zero-order chi connectivity index (χ0) is 37.0. The molecule has 0 bridgehead atoms. The quantitative estimate of drug-likeness (QED) is 0.171. The number of para-hydroxylation sites is 1. The van der Waals surface area contributed by atoms with Crippen LogP contribution in [0.25, 0.3) is 87.6 Å². The Bertz CT molecular complexity index is 3230. The van der Waals surface area contributed by atoms with Crippen molar-refractivity contribution >= 4 is 71.3 Å². The van der Waals surface area contributed by atoms with Crippen molar-refractivity contribution < 1.29 is 4.42 Å². The lowest BCUT2D eigenvalue weighted by atomic mass is 9.92. The van der Waals surface area contributed by atoms with Gasteiger partial charge in [-0.15, -0.1) is 0 Å². The summed E-state index contributed by atoms with van der Waals surface area (Å²) < 4.78 is 6.28. The molecular weight excluding hydrogens is 679 g/mol. The molecule has 10 aromatic carbocycles. The van der Waals surface area contributed by atoms with E-state index in [2.05, 4.69) is 205 Å². The third kappa shape index (κ3) is 5.42. The number of fused-ring (bicyclic) bond motifs is 6. The van der Waals surface area contributed by atoms with Crippen LogP contribution in [0.4, 0.5) is 17.1 Å². The Hall–Kier alpha value is -7.42. The Morgan fingerprint density at radius 1 is 0.286 bits per heavy atom. The SMILES string of the molecule is c1ccc(-c2ccc(N(c3ccc(-c4ccc5ccccc5c4)cc3)c3ccc(-c4cccc5cc6oc7ccccc7c6cc45)c4ccccc34)cc2)cc1. The summed E-state index contributed by atoms with van der Waals surface area (Å²) >= 11 is 0. The zero-order valence-corrected chi connectivity index (χ0v) is 30.6. The molecule has 0 aliphatic heterocycles. The maximum Gasteiger partial charge on any atom is 0.136 e. The van der Waals surface area contributed by atoms with Crippen LogP contribution in [0.5, 0.6) is 0 Å². The van der Waals surface area contributed by atoms with Crippen molar-refractivity contribution in [1.82, 2.24) is 0 Å². The van der Waals surface area contributed by atoms with Crippen LogP contribution in [0.3, 0.4) is 0 Å². The van der Waals surface area contributed by atoms with E-state index in [1.165, 1.54) is 60.3 Å². The molecule has 1 heterocycles. The third-order valence-corrected chi connectivity index (χ3v) is 11.3. The van der Waals surface area contributed by atoms with Crippen LogP contribution in [0.2, 0.25) is 0 Å². The van der Waals surface area contributed by atoms with Crippen LogP contribution in [0.15, 0.2) is 217 Å². The van der Waals surface area contributed by atoms with E-state index in [0.29, 0.717) is 0 Å². The van der Waals surface area contributed by atoms with Gasteiger partial charge in [0.15, 0.2) is 0 Å². The maximum atomic E-state index is 6.28. The smallest absolute Gasteiger partial charge is 0.136 e. The van der Waals surface area contributed by atoms with E-state index in [1.54, 1.807) is 0 Å². The molecule has 11 aromatic rings. The minimum Gasteiger partial charge on any atom is -0.456 e. The van der Waals surface area contributed by atoms with E-state index in [1.807, 2.05) is 12.1 Å². The number of nitrogens with zero attached hydrogens (tertiary/aromatic N) is 1. The van der Waals surface area contributed by atoms with Crippen molar-refractivity contribution in [3.05, 3.63) is 212 Å². The van der Waals surface area contributed by atoms with E-state index < -0.39 is 0 Å². The number of benzene rings is 10. The van der Waals surface area contributed by atoms with E-state index in [-0.39, 0.29) is 0 Å². The van der Waals surface area contributed by atoms with Crippen LogP contribution in [-0.4, -0.2) is 0 Å². The fourth-order valence-electron chi connectivity index (χ4n) is 8.48. The molecule has 0 N–H and O–H groups in total. The zero-order valence-electron chi connectivity index (χ0n) is 30.6. The molecule has 262 valence electrons. The third-order valence-electron chi connectivity index (χ3n) is 11.3. The van der Waals surface area contributed by atoms with Crippen molar-refractivity contribution in [2.24, 2.45) is 0 Å². The van der Waals surface area contributed by atoms with E-state index in [4.69, 9.17) is 4.42 Å². The first-order valence-electron chi connectivity index (χ1n) is 19.2. The fourth-order valence-corrected chi connectivity index (χ4v) is 8.48. The number of anilines is 3. The summed E-state index contributed by atoms with van der Waals surface area (Å²) in [5.74, 6) is 0. The molecule has 2 heteroatoms. The first-order valence-corrected chi connectivity index (χ1v) is 19.2. The molecule has 0 atom stereocenters. The molecule has 0 saturated carbocycles. The van der Waals surface area contributed by atoms with Crippen molar-refractivity contribution in [1.29, 1.82) is 0 Å². The number of hydrogen-bond acceptors (Lipinski definition) is 2. The molecule has 1 aromatic heterocycles. The largest absolute Gasteiger partial charge is 0.456 e. The summed E-state index contributed by atoms with van der Waals surface area (Å²) in [6.45, 7) is 0. The Morgan fingerprint density at radius 3 is 1.66 bits per heavy atom. The standard InChI is InChI=1S/C54H35NO/c1-2-11-36(12-3-1)38-23-27-43(28-24-38)55(44-29-25-39(26-30-44)41-22-21-37-13-4-5-14-40(37)33-41)52-32-31-47(45-16-6-7-17-48(45)52)46-19-10-15-42-34-54-51(35-50(42)46)49-18-8-9-20-53(49)56-54/h1-35H. The lowest BCUT2D eigenvalue weighted by molar-refractivity contribution is 0.669. The molecule has 0 aliphatic carbocycles. The summed E-state index contributed by atoms with van der Waals surface area (Å²) in [5.41, 5.74) is 12.3. The molecule has 0 spiro atoms. The predicted molar refractivity (Wildman–Crippen MR) is 237 cm³/mol. The summed E-state index contributed by atoms with van der Waals surface area (Å²) in [6, 6.07) is 76.6. The van der Waals surface area contributed by atoms with E-state index in [0.717, 1.165) is 44.4 Å². The van der Waals surface area contributed by atoms with E-state index >= 15 is 0 Å². The molecule has 11 rings (SSSR count). The highest BCUT2D eigenvalue weighted by molar-refractivity contribution is 6.15. The highest BCUT2D eigenvalue weighted by Gasteiger charge is 2.19. The minimum absolute atomic E-state index is 0.913. The first kappa shape index (κ1) is 32.0. The fraction of sp³-hybridized carbons (Fsp3) is 0. The second-order valence-electron chi connectivity index (χ2n) is 14.5. The van der Waals surface area contributed by atoms with Gasteiger partial charge in [0.05, 0.1) is 5.69 Å². The van der Waals surface area contributed by atoms with Gasteiger partial charge in [0, 0.05) is 27.5 Å². The molecular formula is C54H35NO. The monoisotopic (exact) mass is 713 g/mol. The molecule has 0 aliphatic rings. The normalized spacial score (nSPS) is 11.6. The Labute approximate surface area is 325 Å². The highest BCUT2D eigenvalue weighted by atomic mass is 16.3. The molecule has 2 nitrogen and oxygen atoms in total. The lowest BCUT2D eigenvalue weighted by Crippen LogP contribution is -2.10. The average Bonchev–Trinajstić information content (AvgIpc) is 3.63. The summed E-state index contributed by atoms with van der Waals surface area (Å²) in [7, 11) is 0. The van der Waals surface area contributed by atoms with Crippen LogP contribution in [0.1, 0.15) is 0 Å². The van der Waals surface area contributed by atoms with Gasteiger partial charge < -0.3 is 9.32 Å². The molecule has 0 amide bonds. The first-order chi connectivity index (χ1) is 27.7. The van der Waals surface area contributed by atoms with Crippen LogP contribution in [-0.2, 0) is 0 Å². The number of rotatable bonds is 6. The second kappa shape index (κ2) is 13.2. The van der Waals surface area contributed by atoms with Gasteiger partial charge in [-0.25, -0.2) is 0 Å². The van der Waals surface area contributed by atoms with Crippen molar-refractivity contribution in [2.75, 3.05) is 4.90 Å². The topological polar surface area (TPSA) is 16.4 Å². The van der Waals surface area contributed by atoms with Gasteiger partial charge in [0.1, 0.15) is 11.2 Å². The molecule has 0 saturated heterocycles. The Morgan fingerprint density at radius 2 is 0.875 bits per heavy atom. The van der Waals surface area contributed by atoms with Crippen molar-refractivity contribution in [2.45, 2.75) is 0 Å². The molecule has 0 fully saturated rings. The Balaban J connectivity index is 1.07. The maximum absolute atomic E-state index is 6.28. The number of furan rings is 1. The molecule has 56 heavy (non-hydrogen) atoms.